The van der Waals surface area contributed by atoms with Gasteiger partial charge in [0.15, 0.2) is 17.5 Å². The van der Waals surface area contributed by atoms with Gasteiger partial charge in [-0.2, -0.15) is 0 Å². The van der Waals surface area contributed by atoms with Gasteiger partial charge in [0.1, 0.15) is 5.82 Å². The Hall–Kier alpha value is -7.70. The molecule has 0 saturated carbocycles. The third-order valence-electron chi connectivity index (χ3n) is 10.8. The van der Waals surface area contributed by atoms with Crippen molar-refractivity contribution in [3.63, 3.8) is 0 Å². The first-order chi connectivity index (χ1) is 28.2. The SMILES string of the molecule is Fc1ccccc1-c1cc(-c2nc(-c3ccccc3)nc(-c3ccccc3)n2)ccc1-n1c2ccccc2c2c1ccc1c3ccccc3n(-c3ccccc3)c12. The van der Waals surface area contributed by atoms with E-state index in [4.69, 9.17) is 15.0 Å². The van der Waals surface area contributed by atoms with Crippen LogP contribution in [-0.4, -0.2) is 24.1 Å². The van der Waals surface area contributed by atoms with E-state index in [1.54, 1.807) is 6.07 Å². The lowest BCUT2D eigenvalue weighted by atomic mass is 9.99. The molecular weight excluding hydrogens is 702 g/mol. The summed E-state index contributed by atoms with van der Waals surface area (Å²) in [6.45, 7) is 0. The molecule has 57 heavy (non-hydrogen) atoms. The van der Waals surface area contributed by atoms with Crippen LogP contribution in [0.25, 0.3) is 100 Å². The molecule has 6 heteroatoms. The van der Waals surface area contributed by atoms with Crippen molar-refractivity contribution in [2.45, 2.75) is 0 Å². The Kier molecular flexibility index (Phi) is 7.60. The first kappa shape index (κ1) is 32.7. The van der Waals surface area contributed by atoms with E-state index in [1.165, 1.54) is 16.8 Å². The van der Waals surface area contributed by atoms with E-state index in [9.17, 15) is 0 Å². The Labute approximate surface area is 327 Å². The van der Waals surface area contributed by atoms with Crippen LogP contribution in [0.4, 0.5) is 4.39 Å². The summed E-state index contributed by atoms with van der Waals surface area (Å²) in [6, 6.07) is 65.0. The van der Waals surface area contributed by atoms with E-state index in [0.717, 1.165) is 66.5 Å². The molecule has 5 nitrogen and oxygen atoms in total. The molecule has 0 saturated heterocycles. The van der Waals surface area contributed by atoms with Crippen molar-refractivity contribution in [2.75, 3.05) is 0 Å². The Morgan fingerprint density at radius 1 is 0.368 bits per heavy atom. The second-order valence-electron chi connectivity index (χ2n) is 14.1. The zero-order chi connectivity index (χ0) is 37.9. The summed E-state index contributed by atoms with van der Waals surface area (Å²) in [7, 11) is 0. The molecule has 0 radical (unpaired) electrons. The molecule has 11 rings (SSSR count). The highest BCUT2D eigenvalue weighted by Gasteiger charge is 2.23. The quantitative estimate of drug-likeness (QED) is 0.171. The van der Waals surface area contributed by atoms with Crippen LogP contribution in [0.15, 0.2) is 194 Å². The number of hydrogen-bond acceptors (Lipinski definition) is 3. The zero-order valence-corrected chi connectivity index (χ0v) is 30.6. The second kappa shape index (κ2) is 13.3. The van der Waals surface area contributed by atoms with E-state index in [-0.39, 0.29) is 5.82 Å². The lowest BCUT2D eigenvalue weighted by Crippen LogP contribution is -2.02. The number of nitrogens with zero attached hydrogens (tertiary/aromatic N) is 5. The fourth-order valence-corrected chi connectivity index (χ4v) is 8.32. The monoisotopic (exact) mass is 733 g/mol. The van der Waals surface area contributed by atoms with Crippen molar-refractivity contribution in [1.29, 1.82) is 0 Å². The highest BCUT2D eigenvalue weighted by Crippen LogP contribution is 2.44. The summed E-state index contributed by atoms with van der Waals surface area (Å²) >= 11 is 0. The van der Waals surface area contributed by atoms with Crippen LogP contribution in [0.5, 0.6) is 0 Å². The van der Waals surface area contributed by atoms with Gasteiger partial charge in [0.25, 0.3) is 0 Å². The maximum atomic E-state index is 16.1. The number of halogens is 1. The number of para-hydroxylation sites is 3. The largest absolute Gasteiger partial charge is 0.309 e. The van der Waals surface area contributed by atoms with E-state index in [2.05, 4.69) is 106 Å². The van der Waals surface area contributed by atoms with Gasteiger partial charge < -0.3 is 9.13 Å². The summed E-state index contributed by atoms with van der Waals surface area (Å²) in [5, 5.41) is 4.60. The topological polar surface area (TPSA) is 48.5 Å². The van der Waals surface area contributed by atoms with Gasteiger partial charge in [-0.15, -0.1) is 0 Å². The van der Waals surface area contributed by atoms with Crippen molar-refractivity contribution >= 4 is 43.6 Å². The molecule has 3 aromatic heterocycles. The minimum Gasteiger partial charge on any atom is -0.309 e. The van der Waals surface area contributed by atoms with Gasteiger partial charge in [-0.25, -0.2) is 19.3 Å². The van der Waals surface area contributed by atoms with E-state index in [1.807, 2.05) is 84.9 Å². The van der Waals surface area contributed by atoms with Gasteiger partial charge in [0, 0.05) is 55.0 Å². The standard InChI is InChI=1S/C51H32FN5/c52-42-25-13-10-22-37(42)41-32-35(51-54-49(33-16-4-1-5-17-33)53-50(55-51)34-18-6-2-7-19-34)28-30-45(41)57-44-27-15-12-24-40(44)47-46(57)31-29-39-38-23-11-14-26-43(38)56(48(39)47)36-20-8-3-9-21-36/h1-32H. The molecule has 3 heterocycles. The normalized spacial score (nSPS) is 11.6. The third kappa shape index (κ3) is 5.34. The van der Waals surface area contributed by atoms with Gasteiger partial charge in [0.2, 0.25) is 0 Å². The molecule has 0 fully saturated rings. The van der Waals surface area contributed by atoms with Crippen LogP contribution in [0.1, 0.15) is 0 Å². The van der Waals surface area contributed by atoms with Crippen LogP contribution in [0.3, 0.4) is 0 Å². The molecule has 0 atom stereocenters. The fraction of sp³-hybridized carbons (Fsp3) is 0. The highest BCUT2D eigenvalue weighted by molar-refractivity contribution is 6.26. The van der Waals surface area contributed by atoms with Crippen molar-refractivity contribution in [3.05, 3.63) is 200 Å². The molecule has 0 aliphatic carbocycles. The molecule has 8 aromatic carbocycles. The summed E-state index contributed by atoms with van der Waals surface area (Å²) in [5.41, 5.74) is 9.97. The molecule has 0 aliphatic heterocycles. The van der Waals surface area contributed by atoms with Crippen molar-refractivity contribution in [3.8, 4) is 56.7 Å². The molecule has 0 unspecified atom stereocenters. The molecular formula is C51H32FN5. The fourth-order valence-electron chi connectivity index (χ4n) is 8.32. The Balaban J connectivity index is 1.21. The summed E-state index contributed by atoms with van der Waals surface area (Å²) in [6.07, 6.45) is 0. The van der Waals surface area contributed by atoms with E-state index in [0.29, 0.717) is 23.0 Å². The number of aromatic nitrogens is 5. The zero-order valence-electron chi connectivity index (χ0n) is 30.6. The maximum absolute atomic E-state index is 16.1. The Morgan fingerprint density at radius 3 is 1.58 bits per heavy atom. The molecule has 268 valence electrons. The summed E-state index contributed by atoms with van der Waals surface area (Å²) < 4.78 is 20.8. The second-order valence-corrected chi connectivity index (χ2v) is 14.1. The van der Waals surface area contributed by atoms with Gasteiger partial charge in [0.05, 0.1) is 27.8 Å². The van der Waals surface area contributed by atoms with Crippen LogP contribution in [-0.2, 0) is 0 Å². The molecule has 0 aliphatic rings. The number of fused-ring (bicyclic) bond motifs is 7. The summed E-state index contributed by atoms with van der Waals surface area (Å²) in [5.74, 6) is 1.32. The van der Waals surface area contributed by atoms with E-state index >= 15 is 4.39 Å². The van der Waals surface area contributed by atoms with Crippen LogP contribution >= 0.6 is 0 Å². The van der Waals surface area contributed by atoms with Crippen LogP contribution in [0, 0.1) is 5.82 Å². The summed E-state index contributed by atoms with van der Waals surface area (Å²) in [4.78, 5) is 14.9. The average molecular weight is 734 g/mol. The van der Waals surface area contributed by atoms with Gasteiger partial charge in [-0.3, -0.25) is 0 Å². The average Bonchev–Trinajstić information content (AvgIpc) is 3.80. The van der Waals surface area contributed by atoms with Crippen molar-refractivity contribution in [2.24, 2.45) is 0 Å². The van der Waals surface area contributed by atoms with E-state index < -0.39 is 0 Å². The van der Waals surface area contributed by atoms with Gasteiger partial charge in [-0.05, 0) is 54.6 Å². The van der Waals surface area contributed by atoms with Crippen molar-refractivity contribution in [1.82, 2.24) is 24.1 Å². The van der Waals surface area contributed by atoms with Crippen LogP contribution < -0.4 is 0 Å². The Morgan fingerprint density at radius 2 is 0.912 bits per heavy atom. The molecule has 11 aromatic rings. The first-order valence-electron chi connectivity index (χ1n) is 19.0. The third-order valence-corrected chi connectivity index (χ3v) is 10.8. The predicted molar refractivity (Wildman–Crippen MR) is 230 cm³/mol. The highest BCUT2D eigenvalue weighted by atomic mass is 19.1. The number of benzene rings is 8. The predicted octanol–water partition coefficient (Wildman–Crippen LogP) is 12.9. The molecule has 0 N–H and O–H groups in total. The van der Waals surface area contributed by atoms with Gasteiger partial charge in [-0.1, -0.05) is 140 Å². The molecule has 0 amide bonds. The minimum atomic E-state index is -0.311. The maximum Gasteiger partial charge on any atom is 0.164 e. The van der Waals surface area contributed by atoms with Gasteiger partial charge >= 0.3 is 0 Å². The lowest BCUT2D eigenvalue weighted by molar-refractivity contribution is 0.631. The number of rotatable bonds is 6. The Bertz CT molecular complexity index is 3240. The van der Waals surface area contributed by atoms with Crippen molar-refractivity contribution < 1.29 is 4.39 Å². The van der Waals surface area contributed by atoms with Crippen LogP contribution in [0.2, 0.25) is 0 Å². The minimum absolute atomic E-state index is 0.311. The number of hydrogen-bond donors (Lipinski definition) is 0. The smallest absolute Gasteiger partial charge is 0.164 e. The lowest BCUT2D eigenvalue weighted by Gasteiger charge is -2.17. The first-order valence-corrected chi connectivity index (χ1v) is 19.0. The molecule has 0 bridgehead atoms. The molecule has 0 spiro atoms.